The van der Waals surface area contributed by atoms with Gasteiger partial charge >= 0.3 is 0 Å². The molecule has 0 unspecified atom stereocenters. The molecule has 9 heteroatoms. The smallest absolute Gasteiger partial charge is 0.293 e. The van der Waals surface area contributed by atoms with Crippen LogP contribution in [0.15, 0.2) is 70.0 Å². The van der Waals surface area contributed by atoms with Crippen LogP contribution in [0.2, 0.25) is 10.0 Å². The fraction of sp³-hybridized carbons (Fsp3) is 0.120. The molecule has 0 aliphatic carbocycles. The number of ether oxygens (including phenoxy) is 2. The Morgan fingerprint density at radius 2 is 1.82 bits per heavy atom. The topological polar surface area (TPSA) is 55.8 Å². The Labute approximate surface area is 219 Å². The largest absolute Gasteiger partial charge is 0.493 e. The van der Waals surface area contributed by atoms with Gasteiger partial charge in [0.2, 0.25) is 0 Å². The Kier molecular flexibility index (Phi) is 7.88. The van der Waals surface area contributed by atoms with Crippen LogP contribution in [0.4, 0.5) is 4.79 Å². The van der Waals surface area contributed by atoms with Crippen molar-refractivity contribution in [2.24, 2.45) is 0 Å². The van der Waals surface area contributed by atoms with Gasteiger partial charge in [0.1, 0.15) is 6.61 Å². The second-order valence-corrected chi connectivity index (χ2v) is 10.0. The highest BCUT2D eigenvalue weighted by molar-refractivity contribution is 9.10. The monoisotopic (exact) mass is 577 g/mol. The number of carbonyl (C=O) groups excluding carboxylic acids is 2. The minimum absolute atomic E-state index is 0.0668. The van der Waals surface area contributed by atoms with E-state index in [1.54, 1.807) is 37.5 Å². The first kappa shape index (κ1) is 24.7. The number of benzene rings is 3. The molecule has 0 N–H and O–H groups in total. The molecule has 0 bridgehead atoms. The van der Waals surface area contributed by atoms with E-state index in [-0.39, 0.29) is 17.7 Å². The molecule has 34 heavy (non-hydrogen) atoms. The van der Waals surface area contributed by atoms with E-state index in [0.29, 0.717) is 48.7 Å². The number of imide groups is 1. The van der Waals surface area contributed by atoms with Gasteiger partial charge in [0.25, 0.3) is 11.1 Å². The summed E-state index contributed by atoms with van der Waals surface area (Å²) in [6, 6.07) is 18.3. The van der Waals surface area contributed by atoms with Gasteiger partial charge in [-0.2, -0.15) is 0 Å². The number of halogens is 3. The Balaban J connectivity index is 1.54. The maximum atomic E-state index is 12.9. The molecule has 0 aromatic heterocycles. The highest BCUT2D eigenvalue weighted by atomic mass is 79.9. The number of thioether (sulfide) groups is 1. The SMILES string of the molecule is COc1cc(/C=C2\SC(=O)N(Cc3ccc(Cl)cc3Cl)C2=O)cc(Br)c1OCc1ccccc1. The van der Waals surface area contributed by atoms with E-state index < -0.39 is 0 Å². The maximum Gasteiger partial charge on any atom is 0.293 e. The van der Waals surface area contributed by atoms with Crippen molar-refractivity contribution in [3.63, 3.8) is 0 Å². The molecule has 0 spiro atoms. The van der Waals surface area contributed by atoms with E-state index in [1.807, 2.05) is 36.4 Å². The van der Waals surface area contributed by atoms with Gasteiger partial charge in [-0.15, -0.1) is 0 Å². The zero-order valence-corrected chi connectivity index (χ0v) is 21.8. The summed E-state index contributed by atoms with van der Waals surface area (Å²) in [5.41, 5.74) is 2.35. The molecule has 1 aliphatic rings. The Morgan fingerprint density at radius 3 is 2.53 bits per heavy atom. The Bertz CT molecular complexity index is 1280. The average Bonchev–Trinajstić information content (AvgIpc) is 3.07. The molecule has 0 radical (unpaired) electrons. The standard InChI is InChI=1S/C25H18BrCl2NO4S/c1-32-21-10-16(9-19(26)23(21)33-14-15-5-3-2-4-6-15)11-22-24(30)29(25(31)34-22)13-17-7-8-18(27)12-20(17)28/h2-12H,13-14H2,1H3/b22-11-. The molecular formula is C25H18BrCl2NO4S. The van der Waals surface area contributed by atoms with Crippen molar-refractivity contribution in [3.8, 4) is 11.5 Å². The fourth-order valence-corrected chi connectivity index (χ4v) is 5.18. The third-order valence-electron chi connectivity index (χ3n) is 4.99. The Morgan fingerprint density at radius 1 is 1.06 bits per heavy atom. The van der Waals surface area contributed by atoms with Crippen molar-refractivity contribution in [2.75, 3.05) is 7.11 Å². The van der Waals surface area contributed by atoms with Crippen LogP contribution >= 0.6 is 50.9 Å². The first-order chi connectivity index (χ1) is 16.4. The molecule has 4 rings (SSSR count). The number of rotatable bonds is 7. The van der Waals surface area contributed by atoms with Gasteiger partial charge in [0.15, 0.2) is 11.5 Å². The lowest BCUT2D eigenvalue weighted by Gasteiger charge is -2.14. The summed E-state index contributed by atoms with van der Waals surface area (Å²) >= 11 is 16.6. The fourth-order valence-electron chi connectivity index (χ4n) is 3.30. The van der Waals surface area contributed by atoms with Crippen molar-refractivity contribution in [2.45, 2.75) is 13.2 Å². The summed E-state index contributed by atoms with van der Waals surface area (Å²) in [6.07, 6.45) is 1.66. The number of nitrogens with zero attached hydrogens (tertiary/aromatic N) is 1. The molecule has 2 amide bonds. The highest BCUT2D eigenvalue weighted by Crippen LogP contribution is 2.40. The summed E-state index contributed by atoms with van der Waals surface area (Å²) in [7, 11) is 1.55. The van der Waals surface area contributed by atoms with Crippen LogP contribution in [-0.4, -0.2) is 23.2 Å². The van der Waals surface area contributed by atoms with E-state index in [0.717, 1.165) is 22.2 Å². The Hall–Kier alpha value is -2.45. The van der Waals surface area contributed by atoms with Crippen molar-refractivity contribution >= 4 is 68.1 Å². The van der Waals surface area contributed by atoms with Gasteiger partial charge in [-0.25, -0.2) is 0 Å². The van der Waals surface area contributed by atoms with Gasteiger partial charge in [0.05, 0.1) is 23.0 Å². The summed E-state index contributed by atoms with van der Waals surface area (Å²) in [5, 5.41) is 0.518. The van der Waals surface area contributed by atoms with Crippen molar-refractivity contribution in [1.29, 1.82) is 0 Å². The normalized spacial score (nSPS) is 14.7. The minimum Gasteiger partial charge on any atom is -0.493 e. The summed E-state index contributed by atoms with van der Waals surface area (Å²) in [5.74, 6) is 0.665. The summed E-state index contributed by atoms with van der Waals surface area (Å²) in [6.45, 7) is 0.443. The zero-order chi connectivity index (χ0) is 24.2. The number of hydrogen-bond donors (Lipinski definition) is 0. The van der Waals surface area contributed by atoms with Crippen LogP contribution in [-0.2, 0) is 17.9 Å². The van der Waals surface area contributed by atoms with Crippen molar-refractivity contribution in [3.05, 3.63) is 96.8 Å². The lowest BCUT2D eigenvalue weighted by molar-refractivity contribution is -0.123. The van der Waals surface area contributed by atoms with Crippen LogP contribution in [0, 0.1) is 0 Å². The molecule has 1 fully saturated rings. The van der Waals surface area contributed by atoms with Crippen LogP contribution < -0.4 is 9.47 Å². The first-order valence-electron chi connectivity index (χ1n) is 10.1. The highest BCUT2D eigenvalue weighted by Gasteiger charge is 2.35. The van der Waals surface area contributed by atoms with E-state index in [1.165, 1.54) is 0 Å². The average molecular weight is 579 g/mol. The third-order valence-corrected chi connectivity index (χ3v) is 7.08. The van der Waals surface area contributed by atoms with Crippen LogP contribution in [0.3, 0.4) is 0 Å². The predicted molar refractivity (Wildman–Crippen MR) is 139 cm³/mol. The van der Waals surface area contributed by atoms with E-state index in [9.17, 15) is 9.59 Å². The van der Waals surface area contributed by atoms with Gasteiger partial charge in [-0.1, -0.05) is 59.6 Å². The maximum absolute atomic E-state index is 12.9. The van der Waals surface area contributed by atoms with Crippen LogP contribution in [0.5, 0.6) is 11.5 Å². The summed E-state index contributed by atoms with van der Waals surface area (Å²) in [4.78, 5) is 27.0. The van der Waals surface area contributed by atoms with E-state index in [4.69, 9.17) is 32.7 Å². The van der Waals surface area contributed by atoms with Crippen molar-refractivity contribution in [1.82, 2.24) is 4.90 Å². The molecule has 3 aromatic rings. The quantitative estimate of drug-likeness (QED) is 0.270. The van der Waals surface area contributed by atoms with Gasteiger partial charge in [-0.3, -0.25) is 14.5 Å². The first-order valence-corrected chi connectivity index (χ1v) is 12.5. The van der Waals surface area contributed by atoms with E-state index in [2.05, 4.69) is 15.9 Å². The lowest BCUT2D eigenvalue weighted by atomic mass is 10.1. The second kappa shape index (κ2) is 10.9. The number of methoxy groups -OCH3 is 1. The number of carbonyl (C=O) groups is 2. The third kappa shape index (κ3) is 5.61. The van der Waals surface area contributed by atoms with Gasteiger partial charge in [0, 0.05) is 10.0 Å². The van der Waals surface area contributed by atoms with Gasteiger partial charge in [-0.05, 0) is 74.7 Å². The van der Waals surface area contributed by atoms with Crippen LogP contribution in [0.1, 0.15) is 16.7 Å². The zero-order valence-electron chi connectivity index (χ0n) is 17.9. The lowest BCUT2D eigenvalue weighted by Crippen LogP contribution is -2.27. The molecule has 0 atom stereocenters. The molecule has 0 saturated carbocycles. The van der Waals surface area contributed by atoms with E-state index >= 15 is 0 Å². The molecule has 1 saturated heterocycles. The minimum atomic E-state index is -0.388. The molecule has 1 heterocycles. The van der Waals surface area contributed by atoms with Crippen LogP contribution in [0.25, 0.3) is 6.08 Å². The van der Waals surface area contributed by atoms with Gasteiger partial charge < -0.3 is 9.47 Å². The van der Waals surface area contributed by atoms with Crippen molar-refractivity contribution < 1.29 is 19.1 Å². The molecule has 174 valence electrons. The molecule has 3 aromatic carbocycles. The second-order valence-electron chi connectivity index (χ2n) is 7.31. The number of amides is 2. The molecule has 1 aliphatic heterocycles. The molecular weight excluding hydrogens is 561 g/mol. The molecule has 5 nitrogen and oxygen atoms in total. The number of hydrogen-bond acceptors (Lipinski definition) is 5. The summed E-state index contributed by atoms with van der Waals surface area (Å²) < 4.78 is 12.1. The predicted octanol–water partition coefficient (Wildman–Crippen LogP) is 7.58.